The van der Waals surface area contributed by atoms with Crippen LogP contribution in [0.5, 0.6) is 0 Å². The first-order valence-electron chi connectivity index (χ1n) is 5.27. The van der Waals surface area contributed by atoms with E-state index >= 15 is 0 Å². The lowest BCUT2D eigenvalue weighted by molar-refractivity contribution is 1.37. The monoisotopic (exact) mass is 204 g/mol. The Balaban J connectivity index is 2.31. The summed E-state index contributed by atoms with van der Waals surface area (Å²) in [7, 11) is 0. The van der Waals surface area contributed by atoms with Crippen molar-refractivity contribution in [2.75, 3.05) is 0 Å². The summed E-state index contributed by atoms with van der Waals surface area (Å²) < 4.78 is 0. The van der Waals surface area contributed by atoms with E-state index in [2.05, 4.69) is 40.3 Å². The van der Waals surface area contributed by atoms with Crippen molar-refractivity contribution in [3.05, 3.63) is 63.0 Å². The second-order valence-electron chi connectivity index (χ2n) is 4.03. The van der Waals surface area contributed by atoms with E-state index in [1.54, 1.807) is 0 Å². The van der Waals surface area contributed by atoms with Crippen LogP contribution < -0.4 is 10.6 Å². The number of hydrogen-bond donors (Lipinski definition) is 0. The van der Waals surface area contributed by atoms with Gasteiger partial charge in [-0.15, -0.1) is 0 Å². The molecule has 2 aromatic carbocycles. The predicted molar refractivity (Wildman–Crippen MR) is 63.1 cm³/mol. The summed E-state index contributed by atoms with van der Waals surface area (Å²) in [5.41, 5.74) is 2.24. The second-order valence-corrected chi connectivity index (χ2v) is 4.03. The summed E-state index contributed by atoms with van der Waals surface area (Å²) in [5.74, 6) is 0. The first kappa shape index (κ1) is 7.99. The van der Waals surface area contributed by atoms with Crippen molar-refractivity contribution in [2.45, 2.75) is 0 Å². The quantitative estimate of drug-likeness (QED) is 0.529. The van der Waals surface area contributed by atoms with Gasteiger partial charge in [-0.3, -0.25) is 4.99 Å². The van der Waals surface area contributed by atoms with Crippen LogP contribution in [0.4, 0.5) is 5.69 Å². The maximum atomic E-state index is 4.62. The highest BCUT2D eigenvalue weighted by Gasteiger charge is 2.06. The standard InChI is InChI=1S/C14H8N2/c1-2-4-13-11(3-1)12-5-9-7-15-8-10(9)6-14(12)16-13/h1-8H. The van der Waals surface area contributed by atoms with Gasteiger partial charge in [-0.05, 0) is 18.2 Å². The summed E-state index contributed by atoms with van der Waals surface area (Å²) in [6, 6.07) is 12.5. The summed E-state index contributed by atoms with van der Waals surface area (Å²) in [6.07, 6.45) is 3.78. The Hall–Kier alpha value is -2.22. The molecule has 2 aliphatic heterocycles. The molecule has 2 heterocycles. The van der Waals surface area contributed by atoms with E-state index in [0.29, 0.717) is 0 Å². The Bertz CT molecular complexity index is 845. The van der Waals surface area contributed by atoms with Crippen LogP contribution in [-0.2, 0) is 0 Å². The van der Waals surface area contributed by atoms with Crippen molar-refractivity contribution >= 4 is 18.1 Å². The number of aliphatic imine (C=N–C) groups is 1. The zero-order valence-corrected chi connectivity index (χ0v) is 8.51. The Morgan fingerprint density at radius 1 is 0.938 bits per heavy atom. The van der Waals surface area contributed by atoms with Gasteiger partial charge < -0.3 is 0 Å². The molecule has 0 saturated carbocycles. The topological polar surface area (TPSA) is 24.7 Å². The van der Waals surface area contributed by atoms with Gasteiger partial charge in [-0.1, -0.05) is 18.2 Å². The predicted octanol–water partition coefficient (Wildman–Crippen LogP) is 1.41. The van der Waals surface area contributed by atoms with Gasteiger partial charge in [0, 0.05) is 33.6 Å². The van der Waals surface area contributed by atoms with Gasteiger partial charge in [0.05, 0.1) is 11.0 Å². The SMILES string of the molecule is C1=NC=c2cc3c(cc21)=c1ccccc1=N3. The van der Waals surface area contributed by atoms with Crippen molar-refractivity contribution in [1.82, 2.24) is 0 Å². The number of hydrogen-bond acceptors (Lipinski definition) is 2. The van der Waals surface area contributed by atoms with E-state index in [-0.39, 0.29) is 0 Å². The molecular weight excluding hydrogens is 196 g/mol. The maximum Gasteiger partial charge on any atom is 0.0723 e. The van der Waals surface area contributed by atoms with E-state index in [9.17, 15) is 0 Å². The molecule has 0 spiro atoms. The second kappa shape index (κ2) is 2.67. The number of fused-ring (bicyclic) bond motifs is 3. The summed E-state index contributed by atoms with van der Waals surface area (Å²) in [4.78, 5) is 8.77. The lowest BCUT2D eigenvalue weighted by Crippen LogP contribution is -2.02. The van der Waals surface area contributed by atoms with Crippen molar-refractivity contribution in [3.8, 4) is 0 Å². The molecule has 0 saturated heterocycles. The summed E-state index contributed by atoms with van der Waals surface area (Å²) in [5, 5.41) is 4.67. The zero-order valence-electron chi connectivity index (χ0n) is 8.51. The maximum absolute atomic E-state index is 4.62. The third kappa shape index (κ3) is 0.910. The molecule has 16 heavy (non-hydrogen) atoms. The minimum Gasteiger partial charge on any atom is -0.263 e. The normalized spacial score (nSPS) is 13.8. The van der Waals surface area contributed by atoms with Crippen molar-refractivity contribution in [1.29, 1.82) is 0 Å². The van der Waals surface area contributed by atoms with E-state index < -0.39 is 0 Å². The highest BCUT2D eigenvalue weighted by molar-refractivity contribution is 5.86. The Kier molecular flexibility index (Phi) is 1.33. The van der Waals surface area contributed by atoms with E-state index in [1.165, 1.54) is 16.0 Å². The highest BCUT2D eigenvalue weighted by atomic mass is 14.7. The molecule has 0 N–H and O–H groups in total. The van der Waals surface area contributed by atoms with Crippen molar-refractivity contribution in [2.24, 2.45) is 9.98 Å². The average molecular weight is 204 g/mol. The van der Waals surface area contributed by atoms with Crippen LogP contribution in [0.15, 0.2) is 46.4 Å². The largest absolute Gasteiger partial charge is 0.263 e. The van der Waals surface area contributed by atoms with Crippen LogP contribution in [0.2, 0.25) is 0 Å². The third-order valence-electron chi connectivity index (χ3n) is 3.06. The van der Waals surface area contributed by atoms with Gasteiger partial charge in [-0.25, -0.2) is 4.99 Å². The van der Waals surface area contributed by atoms with Crippen LogP contribution in [0.3, 0.4) is 0 Å². The molecule has 0 bridgehead atoms. The van der Waals surface area contributed by atoms with Crippen LogP contribution in [-0.4, -0.2) is 6.21 Å². The summed E-state index contributed by atoms with van der Waals surface area (Å²) in [6.45, 7) is 0. The molecule has 2 aliphatic rings. The number of rotatable bonds is 0. The van der Waals surface area contributed by atoms with Crippen LogP contribution in [0.1, 0.15) is 5.56 Å². The van der Waals surface area contributed by atoms with E-state index in [4.69, 9.17) is 0 Å². The molecule has 0 aliphatic carbocycles. The number of nitrogens with zero attached hydrogens (tertiary/aromatic N) is 2. The molecule has 2 nitrogen and oxygen atoms in total. The molecule has 0 radical (unpaired) electrons. The lowest BCUT2D eigenvalue weighted by Gasteiger charge is -1.93. The molecular formula is C14H8N2. The smallest absolute Gasteiger partial charge is 0.0723 e. The average Bonchev–Trinajstić information content (AvgIpc) is 2.88. The molecule has 4 rings (SSSR count). The van der Waals surface area contributed by atoms with Crippen LogP contribution >= 0.6 is 0 Å². The Morgan fingerprint density at radius 3 is 2.88 bits per heavy atom. The van der Waals surface area contributed by atoms with Gasteiger partial charge in [-0.2, -0.15) is 0 Å². The highest BCUT2D eigenvalue weighted by Crippen LogP contribution is 2.17. The molecule has 0 atom stereocenters. The zero-order chi connectivity index (χ0) is 10.5. The van der Waals surface area contributed by atoms with Crippen molar-refractivity contribution in [3.63, 3.8) is 0 Å². The fourth-order valence-corrected chi connectivity index (χ4v) is 2.28. The molecule has 0 fully saturated rings. The molecule has 0 aromatic heterocycles. The minimum atomic E-state index is 1.06. The van der Waals surface area contributed by atoms with Crippen LogP contribution in [0.25, 0.3) is 6.20 Å². The Morgan fingerprint density at radius 2 is 1.88 bits per heavy atom. The van der Waals surface area contributed by atoms with Crippen molar-refractivity contribution < 1.29 is 0 Å². The Labute approximate surface area is 91.6 Å². The molecule has 2 aromatic rings. The fourth-order valence-electron chi connectivity index (χ4n) is 2.28. The first-order valence-corrected chi connectivity index (χ1v) is 5.27. The third-order valence-corrected chi connectivity index (χ3v) is 3.06. The number of benzene rings is 2. The molecule has 74 valence electrons. The van der Waals surface area contributed by atoms with Gasteiger partial charge in [0.2, 0.25) is 0 Å². The number of para-hydroxylation sites is 1. The lowest BCUT2D eigenvalue weighted by atomic mass is 10.1. The van der Waals surface area contributed by atoms with E-state index in [1.807, 2.05) is 18.5 Å². The molecule has 0 unspecified atom stereocenters. The molecule has 0 amide bonds. The van der Waals surface area contributed by atoms with E-state index in [0.717, 1.165) is 16.3 Å². The van der Waals surface area contributed by atoms with Gasteiger partial charge in [0.25, 0.3) is 0 Å². The van der Waals surface area contributed by atoms with Gasteiger partial charge in [0.15, 0.2) is 0 Å². The van der Waals surface area contributed by atoms with Gasteiger partial charge in [0.1, 0.15) is 0 Å². The molecule has 2 heteroatoms. The van der Waals surface area contributed by atoms with Gasteiger partial charge >= 0.3 is 0 Å². The summed E-state index contributed by atoms with van der Waals surface area (Å²) >= 11 is 0. The fraction of sp³-hybridized carbons (Fsp3) is 0. The van der Waals surface area contributed by atoms with Crippen LogP contribution in [0, 0.1) is 10.4 Å². The first-order chi connectivity index (χ1) is 7.92. The minimum absolute atomic E-state index is 1.06.